The molecule has 3 nitrogen and oxygen atoms in total. The summed E-state index contributed by atoms with van der Waals surface area (Å²) in [7, 11) is 1.37. The van der Waals surface area contributed by atoms with E-state index in [2.05, 4.69) is 0 Å². The van der Waals surface area contributed by atoms with Crippen LogP contribution in [0, 0.1) is 0 Å². The van der Waals surface area contributed by atoms with Gasteiger partial charge in [-0.15, -0.1) is 0 Å². The molecule has 0 radical (unpaired) electrons. The van der Waals surface area contributed by atoms with E-state index in [1.54, 1.807) is 24.3 Å². The highest BCUT2D eigenvalue weighted by Gasteiger charge is 2.08. The maximum absolute atomic E-state index is 11.9. The number of aromatic hydroxyl groups is 1. The molecule has 0 bridgehead atoms. The van der Waals surface area contributed by atoms with E-state index >= 15 is 0 Å². The monoisotopic (exact) mass is 294 g/mol. The summed E-state index contributed by atoms with van der Waals surface area (Å²) in [4.78, 5) is 11.9. The van der Waals surface area contributed by atoms with Crippen LogP contribution in [0.3, 0.4) is 0 Å². The number of rotatable bonds is 5. The van der Waals surface area contributed by atoms with Crippen LogP contribution in [0.5, 0.6) is 5.75 Å². The normalized spacial score (nSPS) is 11.6. The Labute approximate surface area is 130 Å². The third-order valence-electron chi connectivity index (χ3n) is 3.16. The number of benzene rings is 2. The van der Waals surface area contributed by atoms with Gasteiger partial charge in [0.05, 0.1) is 7.11 Å². The highest BCUT2D eigenvalue weighted by molar-refractivity contribution is 5.94. The lowest BCUT2D eigenvalue weighted by Crippen LogP contribution is -2.03. The molecule has 1 N–H and O–H groups in total. The molecule has 0 heterocycles. The summed E-state index contributed by atoms with van der Waals surface area (Å²) in [6.45, 7) is 0. The summed E-state index contributed by atoms with van der Waals surface area (Å²) < 4.78 is 4.82. The number of carbonyl (C=O) groups excluding carboxylic acids is 1. The minimum atomic E-state index is -0.356. The number of hydrogen-bond acceptors (Lipinski definition) is 3. The Morgan fingerprint density at radius 1 is 1.09 bits per heavy atom. The van der Waals surface area contributed by atoms with Crippen molar-refractivity contribution in [3.05, 3.63) is 77.4 Å². The first-order chi connectivity index (χ1) is 10.7. The number of ether oxygens (including phenoxy) is 1. The van der Waals surface area contributed by atoms with Gasteiger partial charge in [0.2, 0.25) is 0 Å². The highest BCUT2D eigenvalue weighted by Crippen LogP contribution is 2.19. The molecule has 2 aromatic rings. The summed E-state index contributed by atoms with van der Waals surface area (Å²) in [6, 6.07) is 16.7. The van der Waals surface area contributed by atoms with E-state index in [9.17, 15) is 9.90 Å². The van der Waals surface area contributed by atoms with Crippen LogP contribution in [-0.2, 0) is 9.53 Å². The fourth-order valence-electron chi connectivity index (χ4n) is 2.02. The van der Waals surface area contributed by atoms with Gasteiger partial charge in [0.25, 0.3) is 0 Å². The lowest BCUT2D eigenvalue weighted by atomic mass is 10.1. The molecule has 0 saturated heterocycles. The Morgan fingerprint density at radius 3 is 2.45 bits per heavy atom. The van der Waals surface area contributed by atoms with Crippen LogP contribution in [0.1, 0.15) is 17.5 Å². The molecule has 0 aliphatic carbocycles. The summed E-state index contributed by atoms with van der Waals surface area (Å²) in [5, 5.41) is 9.71. The molecule has 0 fully saturated rings. The molecule has 0 atom stereocenters. The van der Waals surface area contributed by atoms with Crippen molar-refractivity contribution in [1.29, 1.82) is 0 Å². The Balaban J connectivity index is 2.16. The zero-order chi connectivity index (χ0) is 15.8. The van der Waals surface area contributed by atoms with Gasteiger partial charge in [-0.2, -0.15) is 0 Å². The van der Waals surface area contributed by atoms with Crippen molar-refractivity contribution in [2.24, 2.45) is 0 Å². The quantitative estimate of drug-likeness (QED) is 0.668. The first-order valence-electron chi connectivity index (χ1n) is 6.99. The van der Waals surface area contributed by atoms with Crippen molar-refractivity contribution >= 4 is 18.1 Å². The molecule has 0 spiro atoms. The van der Waals surface area contributed by atoms with E-state index < -0.39 is 0 Å². The number of para-hydroxylation sites is 1. The van der Waals surface area contributed by atoms with Crippen LogP contribution in [0.15, 0.2) is 66.2 Å². The summed E-state index contributed by atoms with van der Waals surface area (Å²) >= 11 is 0. The molecule has 112 valence electrons. The van der Waals surface area contributed by atoms with Crippen LogP contribution in [-0.4, -0.2) is 18.2 Å². The second-order valence-electron chi connectivity index (χ2n) is 4.74. The lowest BCUT2D eigenvalue weighted by molar-refractivity contribution is -0.136. The maximum Gasteiger partial charge on any atom is 0.334 e. The second-order valence-corrected chi connectivity index (χ2v) is 4.74. The fourth-order valence-corrected chi connectivity index (χ4v) is 2.02. The van der Waals surface area contributed by atoms with Crippen LogP contribution in [0.4, 0.5) is 0 Å². The zero-order valence-corrected chi connectivity index (χ0v) is 12.4. The summed E-state index contributed by atoms with van der Waals surface area (Å²) in [6.07, 6.45) is 5.86. The fraction of sp³-hybridized carbons (Fsp3) is 0.105. The third kappa shape index (κ3) is 4.35. The third-order valence-corrected chi connectivity index (χ3v) is 3.16. The van der Waals surface area contributed by atoms with Gasteiger partial charge in [0, 0.05) is 11.1 Å². The van der Waals surface area contributed by atoms with Gasteiger partial charge < -0.3 is 9.84 Å². The standard InChI is InChI=1S/C19H18O3/c1-22-19(21)17(14-15-8-3-2-4-9-15)12-7-11-16-10-5-6-13-18(16)20/h2-11,13-14,20H,12H2,1H3/b11-7+,17-14-. The zero-order valence-electron chi connectivity index (χ0n) is 12.4. The summed E-state index contributed by atoms with van der Waals surface area (Å²) in [5.41, 5.74) is 2.21. The molecule has 0 aliphatic rings. The molecule has 2 aromatic carbocycles. The van der Waals surface area contributed by atoms with Gasteiger partial charge in [-0.05, 0) is 24.1 Å². The van der Waals surface area contributed by atoms with E-state index in [0.717, 1.165) is 5.56 Å². The minimum Gasteiger partial charge on any atom is -0.507 e. The molecule has 2 rings (SSSR count). The lowest BCUT2D eigenvalue weighted by Gasteiger charge is -2.03. The molecule has 3 heteroatoms. The number of allylic oxidation sites excluding steroid dienone is 1. The Bertz CT molecular complexity index is 685. The number of hydrogen-bond donors (Lipinski definition) is 1. The Morgan fingerprint density at radius 2 is 1.77 bits per heavy atom. The van der Waals surface area contributed by atoms with E-state index in [1.165, 1.54) is 7.11 Å². The summed E-state index contributed by atoms with van der Waals surface area (Å²) in [5.74, 6) is -0.142. The van der Waals surface area contributed by atoms with Crippen LogP contribution >= 0.6 is 0 Å². The highest BCUT2D eigenvalue weighted by atomic mass is 16.5. The van der Waals surface area contributed by atoms with Crippen LogP contribution in [0.25, 0.3) is 12.2 Å². The molecule has 0 amide bonds. The SMILES string of the molecule is COC(=O)/C(=C\c1ccccc1)C/C=C/c1ccccc1O. The first kappa shape index (κ1) is 15.6. The molecule has 22 heavy (non-hydrogen) atoms. The van der Waals surface area contributed by atoms with Crippen molar-refractivity contribution in [3.63, 3.8) is 0 Å². The average molecular weight is 294 g/mol. The van der Waals surface area contributed by atoms with Crippen molar-refractivity contribution in [2.75, 3.05) is 7.11 Å². The smallest absolute Gasteiger partial charge is 0.334 e. The second kappa shape index (κ2) is 7.84. The maximum atomic E-state index is 11.9. The number of carbonyl (C=O) groups is 1. The average Bonchev–Trinajstić information content (AvgIpc) is 2.56. The minimum absolute atomic E-state index is 0.213. The molecule has 0 saturated carbocycles. The molecule has 0 aliphatic heterocycles. The number of methoxy groups -OCH3 is 1. The molecular weight excluding hydrogens is 276 g/mol. The van der Waals surface area contributed by atoms with Gasteiger partial charge in [-0.1, -0.05) is 60.7 Å². The van der Waals surface area contributed by atoms with Gasteiger partial charge in [-0.3, -0.25) is 0 Å². The number of phenols is 1. The van der Waals surface area contributed by atoms with Crippen LogP contribution in [0.2, 0.25) is 0 Å². The van der Waals surface area contributed by atoms with E-state index in [-0.39, 0.29) is 11.7 Å². The van der Waals surface area contributed by atoms with Gasteiger partial charge >= 0.3 is 5.97 Å². The van der Waals surface area contributed by atoms with Gasteiger partial charge in [0.15, 0.2) is 0 Å². The molecule has 0 unspecified atom stereocenters. The van der Waals surface area contributed by atoms with Crippen LogP contribution < -0.4 is 0 Å². The van der Waals surface area contributed by atoms with Crippen molar-refractivity contribution in [3.8, 4) is 5.75 Å². The Hall–Kier alpha value is -2.81. The number of esters is 1. The van der Waals surface area contributed by atoms with Crippen molar-refractivity contribution in [1.82, 2.24) is 0 Å². The largest absolute Gasteiger partial charge is 0.507 e. The van der Waals surface area contributed by atoms with Gasteiger partial charge in [0.1, 0.15) is 5.75 Å². The van der Waals surface area contributed by atoms with Crippen molar-refractivity contribution in [2.45, 2.75) is 6.42 Å². The number of phenolic OH excluding ortho intramolecular Hbond substituents is 1. The van der Waals surface area contributed by atoms with E-state index in [4.69, 9.17) is 4.74 Å². The Kier molecular flexibility index (Phi) is 5.55. The van der Waals surface area contributed by atoms with Gasteiger partial charge in [-0.25, -0.2) is 4.79 Å². The van der Waals surface area contributed by atoms with E-state index in [0.29, 0.717) is 17.6 Å². The first-order valence-corrected chi connectivity index (χ1v) is 6.99. The molecular formula is C19H18O3. The predicted molar refractivity (Wildman–Crippen MR) is 88.2 cm³/mol. The molecule has 0 aromatic heterocycles. The predicted octanol–water partition coefficient (Wildman–Crippen LogP) is 4.05. The van der Waals surface area contributed by atoms with Crippen molar-refractivity contribution < 1.29 is 14.6 Å². The van der Waals surface area contributed by atoms with E-state index in [1.807, 2.05) is 48.5 Å². The topological polar surface area (TPSA) is 46.5 Å².